The molecule has 1 aromatic heterocycles. The van der Waals surface area contributed by atoms with Gasteiger partial charge in [-0.2, -0.15) is 0 Å². The third kappa shape index (κ3) is 4.89. The van der Waals surface area contributed by atoms with Gasteiger partial charge in [0.25, 0.3) is 0 Å². The minimum Gasteiger partial charge on any atom is -0.482 e. The van der Waals surface area contributed by atoms with Crippen molar-refractivity contribution in [3.63, 3.8) is 0 Å². The van der Waals surface area contributed by atoms with E-state index in [9.17, 15) is 13.6 Å². The zero-order chi connectivity index (χ0) is 19.9. The summed E-state index contributed by atoms with van der Waals surface area (Å²) in [6, 6.07) is 11.7. The summed E-state index contributed by atoms with van der Waals surface area (Å²) < 4.78 is 42.8. The van der Waals surface area contributed by atoms with Gasteiger partial charge in [0.1, 0.15) is 12.3 Å². The van der Waals surface area contributed by atoms with E-state index in [0.29, 0.717) is 16.1 Å². The highest BCUT2D eigenvalue weighted by atomic mass is 32.1. The third-order valence-corrected chi connectivity index (χ3v) is 4.63. The molecule has 28 heavy (non-hydrogen) atoms. The molecule has 0 spiro atoms. The Labute approximate surface area is 165 Å². The lowest BCUT2D eigenvalue weighted by atomic mass is 10.1. The zero-order valence-electron chi connectivity index (χ0n) is 15.2. The summed E-state index contributed by atoms with van der Waals surface area (Å²) >= 11 is 1.11. The second kappa shape index (κ2) is 9.36. The van der Waals surface area contributed by atoms with Crippen LogP contribution in [0.25, 0.3) is 11.3 Å². The molecule has 2 aromatic carbocycles. The van der Waals surface area contributed by atoms with E-state index >= 15 is 0 Å². The molecular weight excluding hydrogens is 386 g/mol. The Kier molecular flexibility index (Phi) is 6.65. The number of aromatic nitrogens is 2. The topological polar surface area (TPSA) is 61.3 Å². The summed E-state index contributed by atoms with van der Waals surface area (Å²) in [4.78, 5) is 12.1. The van der Waals surface area contributed by atoms with Crippen LogP contribution < -0.4 is 4.74 Å². The van der Waals surface area contributed by atoms with E-state index in [1.54, 1.807) is 6.92 Å². The summed E-state index contributed by atoms with van der Waals surface area (Å²) in [6.45, 7) is 1.91. The molecule has 0 aliphatic heterocycles. The van der Waals surface area contributed by atoms with Crippen molar-refractivity contribution in [1.82, 2.24) is 9.59 Å². The number of hydrogen-bond acceptors (Lipinski definition) is 6. The number of carbonyl (C=O) groups is 1. The van der Waals surface area contributed by atoms with Crippen LogP contribution in [0, 0.1) is 11.6 Å². The molecule has 0 radical (unpaired) electrons. The van der Waals surface area contributed by atoms with Crippen molar-refractivity contribution in [3.05, 3.63) is 64.5 Å². The number of rotatable bonds is 8. The van der Waals surface area contributed by atoms with Gasteiger partial charge in [-0.15, -0.1) is 5.10 Å². The van der Waals surface area contributed by atoms with Crippen LogP contribution in [0.3, 0.4) is 0 Å². The van der Waals surface area contributed by atoms with Crippen LogP contribution in [0.15, 0.2) is 42.5 Å². The first-order valence-corrected chi connectivity index (χ1v) is 9.48. The van der Waals surface area contributed by atoms with Gasteiger partial charge in [-0.25, -0.2) is 8.78 Å². The highest BCUT2D eigenvalue weighted by Crippen LogP contribution is 2.28. The number of halogens is 2. The van der Waals surface area contributed by atoms with E-state index in [1.165, 1.54) is 12.1 Å². The molecule has 3 rings (SSSR count). The Balaban J connectivity index is 1.69. The molecule has 1 heterocycles. The Morgan fingerprint density at radius 2 is 1.86 bits per heavy atom. The number of ether oxygens (including phenoxy) is 2. The maximum absolute atomic E-state index is 14.3. The van der Waals surface area contributed by atoms with E-state index in [0.717, 1.165) is 17.1 Å². The lowest BCUT2D eigenvalue weighted by Crippen LogP contribution is -2.06. The molecule has 0 aliphatic rings. The first-order valence-electron chi connectivity index (χ1n) is 8.71. The molecule has 8 heteroatoms. The molecule has 0 N–H and O–H groups in total. The van der Waals surface area contributed by atoms with Crippen LogP contribution in [0.4, 0.5) is 8.78 Å². The van der Waals surface area contributed by atoms with Gasteiger partial charge in [0.05, 0.1) is 11.5 Å². The monoisotopic (exact) mass is 404 g/mol. The summed E-state index contributed by atoms with van der Waals surface area (Å²) in [5.41, 5.74) is 1.84. The largest absolute Gasteiger partial charge is 0.482 e. The SMILES string of the molecule is CCOC(=O)CCc1cc(F)c(OCc2snnc2-c2ccccc2)c(F)c1. The zero-order valence-corrected chi connectivity index (χ0v) is 16.0. The van der Waals surface area contributed by atoms with Crippen LogP contribution in [0.5, 0.6) is 5.75 Å². The van der Waals surface area contributed by atoms with Crippen molar-refractivity contribution in [2.75, 3.05) is 6.61 Å². The average molecular weight is 404 g/mol. The van der Waals surface area contributed by atoms with Crippen molar-refractivity contribution in [2.45, 2.75) is 26.4 Å². The maximum Gasteiger partial charge on any atom is 0.306 e. The van der Waals surface area contributed by atoms with Crippen molar-refractivity contribution in [1.29, 1.82) is 0 Å². The molecule has 3 aromatic rings. The van der Waals surface area contributed by atoms with Crippen LogP contribution >= 0.6 is 11.5 Å². The molecule has 0 fully saturated rings. The van der Waals surface area contributed by atoms with Gasteiger partial charge >= 0.3 is 5.97 Å². The number of carbonyl (C=O) groups excluding carboxylic acids is 1. The molecule has 0 amide bonds. The quantitative estimate of drug-likeness (QED) is 0.515. The standard InChI is InChI=1S/C20H18F2N2O3S/c1-2-26-18(25)9-8-13-10-15(21)20(16(22)11-13)27-12-17-19(23-24-28-17)14-6-4-3-5-7-14/h3-7,10-11H,2,8-9,12H2,1H3. The Morgan fingerprint density at radius 3 is 2.54 bits per heavy atom. The second-order valence-corrected chi connectivity index (χ2v) is 6.73. The summed E-state index contributed by atoms with van der Waals surface area (Å²) in [6.07, 6.45) is 0.240. The molecule has 0 saturated carbocycles. The van der Waals surface area contributed by atoms with Crippen LogP contribution in [-0.4, -0.2) is 22.2 Å². The predicted molar refractivity (Wildman–Crippen MR) is 101 cm³/mol. The predicted octanol–water partition coefficient (Wildman–Crippen LogP) is 4.56. The van der Waals surface area contributed by atoms with E-state index in [-0.39, 0.29) is 26.1 Å². The fourth-order valence-corrected chi connectivity index (χ4v) is 3.21. The fraction of sp³-hybridized carbons (Fsp3) is 0.250. The molecule has 0 saturated heterocycles. The summed E-state index contributed by atoms with van der Waals surface area (Å²) in [5, 5.41) is 4.07. The number of hydrogen-bond donors (Lipinski definition) is 0. The Morgan fingerprint density at radius 1 is 1.14 bits per heavy atom. The highest BCUT2D eigenvalue weighted by molar-refractivity contribution is 7.05. The Hall–Kier alpha value is -2.87. The lowest BCUT2D eigenvalue weighted by molar-refractivity contribution is -0.143. The van der Waals surface area contributed by atoms with Gasteiger partial charge in [0, 0.05) is 12.0 Å². The molecule has 0 bridgehead atoms. The number of nitrogens with zero attached hydrogens (tertiary/aromatic N) is 2. The molecule has 5 nitrogen and oxygen atoms in total. The number of esters is 1. The first kappa shape index (κ1) is 19.9. The van der Waals surface area contributed by atoms with Gasteiger partial charge in [-0.05, 0) is 42.6 Å². The van der Waals surface area contributed by atoms with Gasteiger partial charge in [-0.3, -0.25) is 4.79 Å². The smallest absolute Gasteiger partial charge is 0.306 e. The van der Waals surface area contributed by atoms with E-state index in [2.05, 4.69) is 9.59 Å². The maximum atomic E-state index is 14.3. The van der Waals surface area contributed by atoms with Crippen LogP contribution in [0.2, 0.25) is 0 Å². The highest BCUT2D eigenvalue weighted by Gasteiger charge is 2.16. The lowest BCUT2D eigenvalue weighted by Gasteiger charge is -2.10. The van der Waals surface area contributed by atoms with Gasteiger partial charge in [0.15, 0.2) is 17.4 Å². The minimum atomic E-state index is -0.822. The molecule has 146 valence electrons. The number of aryl methyl sites for hydroxylation is 1. The minimum absolute atomic E-state index is 0.0555. The van der Waals surface area contributed by atoms with E-state index < -0.39 is 23.4 Å². The van der Waals surface area contributed by atoms with Gasteiger partial charge in [0.2, 0.25) is 0 Å². The summed E-state index contributed by atoms with van der Waals surface area (Å²) in [7, 11) is 0. The Bertz CT molecular complexity index is 925. The van der Waals surface area contributed by atoms with Crippen molar-refractivity contribution < 1.29 is 23.0 Å². The normalized spacial score (nSPS) is 10.7. The molecule has 0 unspecified atom stereocenters. The molecule has 0 aliphatic carbocycles. The average Bonchev–Trinajstić information content (AvgIpc) is 3.15. The van der Waals surface area contributed by atoms with E-state index in [1.807, 2.05) is 30.3 Å². The van der Waals surface area contributed by atoms with Crippen LogP contribution in [-0.2, 0) is 22.6 Å². The summed E-state index contributed by atoms with van der Waals surface area (Å²) in [5.74, 6) is -2.52. The van der Waals surface area contributed by atoms with E-state index in [4.69, 9.17) is 9.47 Å². The van der Waals surface area contributed by atoms with Gasteiger partial charge < -0.3 is 9.47 Å². The number of benzene rings is 2. The van der Waals surface area contributed by atoms with Crippen LogP contribution in [0.1, 0.15) is 23.8 Å². The van der Waals surface area contributed by atoms with Gasteiger partial charge in [-0.1, -0.05) is 34.8 Å². The van der Waals surface area contributed by atoms with Crippen molar-refractivity contribution >= 4 is 17.5 Å². The van der Waals surface area contributed by atoms with Crippen molar-refractivity contribution in [3.8, 4) is 17.0 Å². The first-order chi connectivity index (χ1) is 13.6. The molecule has 0 atom stereocenters. The van der Waals surface area contributed by atoms with Crippen molar-refractivity contribution in [2.24, 2.45) is 0 Å². The second-order valence-electron chi connectivity index (χ2n) is 5.89. The fourth-order valence-electron chi connectivity index (χ4n) is 2.63. The molecular formula is C20H18F2N2O3S. The third-order valence-electron chi connectivity index (χ3n) is 3.93.